The molecule has 1 fully saturated rings. The average molecular weight is 198 g/mol. The average Bonchev–Trinajstić information content (AvgIpc) is 2.16. The molecule has 14 heavy (non-hydrogen) atoms. The van der Waals surface area contributed by atoms with Crippen LogP contribution in [0.4, 0.5) is 0 Å². The van der Waals surface area contributed by atoms with Gasteiger partial charge in [-0.2, -0.15) is 0 Å². The van der Waals surface area contributed by atoms with E-state index in [0.29, 0.717) is 0 Å². The van der Waals surface area contributed by atoms with Gasteiger partial charge in [0.2, 0.25) is 5.91 Å². The molecular weight excluding hydrogens is 176 g/mol. The summed E-state index contributed by atoms with van der Waals surface area (Å²) >= 11 is 0. The summed E-state index contributed by atoms with van der Waals surface area (Å²) in [6, 6.07) is -0.316. The van der Waals surface area contributed by atoms with E-state index in [-0.39, 0.29) is 17.9 Å². The Balaban J connectivity index is 2.45. The molecule has 0 spiro atoms. The first-order chi connectivity index (χ1) is 6.52. The van der Waals surface area contributed by atoms with Crippen molar-refractivity contribution in [2.24, 2.45) is 17.6 Å². The zero-order chi connectivity index (χ0) is 10.7. The molecule has 0 unspecified atom stereocenters. The third-order valence-corrected chi connectivity index (χ3v) is 3.10. The second kappa shape index (κ2) is 4.78. The normalized spacial score (nSPS) is 21.4. The molecule has 82 valence electrons. The minimum atomic E-state index is -0.316. The maximum Gasteiger partial charge on any atom is 0.239 e. The quantitative estimate of drug-likeness (QED) is 0.725. The van der Waals surface area contributed by atoms with Crippen LogP contribution in [0.3, 0.4) is 0 Å². The van der Waals surface area contributed by atoms with Gasteiger partial charge in [-0.3, -0.25) is 4.79 Å². The molecule has 0 saturated carbocycles. The lowest BCUT2D eigenvalue weighted by atomic mass is 9.97. The number of carbonyl (C=O) groups excluding carboxylic acids is 1. The number of nitrogens with zero attached hydrogens (tertiary/aromatic N) is 1. The Kier molecular flexibility index (Phi) is 3.93. The van der Waals surface area contributed by atoms with Crippen molar-refractivity contribution in [2.45, 2.75) is 39.7 Å². The maximum absolute atomic E-state index is 11.8. The predicted molar refractivity (Wildman–Crippen MR) is 57.8 cm³/mol. The van der Waals surface area contributed by atoms with Gasteiger partial charge in [0.05, 0.1) is 6.04 Å². The Morgan fingerprint density at radius 1 is 1.36 bits per heavy atom. The van der Waals surface area contributed by atoms with Crippen LogP contribution in [-0.2, 0) is 4.79 Å². The fourth-order valence-corrected chi connectivity index (χ4v) is 1.72. The van der Waals surface area contributed by atoms with Crippen LogP contribution in [0.15, 0.2) is 0 Å². The topological polar surface area (TPSA) is 46.3 Å². The molecular formula is C11H22N2O. The summed E-state index contributed by atoms with van der Waals surface area (Å²) in [7, 11) is 0. The van der Waals surface area contributed by atoms with Crippen molar-refractivity contribution in [1.82, 2.24) is 4.90 Å². The van der Waals surface area contributed by atoms with Gasteiger partial charge in [-0.25, -0.2) is 0 Å². The molecule has 1 amide bonds. The van der Waals surface area contributed by atoms with Gasteiger partial charge in [-0.1, -0.05) is 20.8 Å². The van der Waals surface area contributed by atoms with Crippen molar-refractivity contribution in [3.05, 3.63) is 0 Å². The molecule has 1 aliphatic heterocycles. The predicted octanol–water partition coefficient (Wildman–Crippen LogP) is 1.23. The van der Waals surface area contributed by atoms with Gasteiger partial charge in [-0.15, -0.1) is 0 Å². The van der Waals surface area contributed by atoms with Gasteiger partial charge in [0.25, 0.3) is 0 Å². The number of likely N-dealkylation sites (tertiary alicyclic amines) is 1. The maximum atomic E-state index is 11.8. The molecule has 0 aromatic carbocycles. The standard InChI is InChI=1S/C11H22N2O/c1-8(2)10(12)11(14)13-6-4-9(3)5-7-13/h8-10H,4-7,12H2,1-3H3/t10-/m1/s1. The van der Waals surface area contributed by atoms with E-state index in [4.69, 9.17) is 5.73 Å². The fourth-order valence-electron chi connectivity index (χ4n) is 1.72. The molecule has 0 aromatic rings. The Labute approximate surface area is 86.6 Å². The highest BCUT2D eigenvalue weighted by molar-refractivity contribution is 5.81. The van der Waals surface area contributed by atoms with Gasteiger partial charge in [-0.05, 0) is 24.7 Å². The van der Waals surface area contributed by atoms with E-state index < -0.39 is 0 Å². The van der Waals surface area contributed by atoms with Crippen LogP contribution < -0.4 is 5.73 Å². The lowest BCUT2D eigenvalue weighted by molar-refractivity contribution is -0.134. The fraction of sp³-hybridized carbons (Fsp3) is 0.909. The smallest absolute Gasteiger partial charge is 0.239 e. The molecule has 1 aliphatic rings. The highest BCUT2D eigenvalue weighted by Crippen LogP contribution is 2.17. The number of nitrogens with two attached hydrogens (primary N) is 1. The number of amides is 1. The van der Waals surface area contributed by atoms with Gasteiger partial charge in [0.15, 0.2) is 0 Å². The first kappa shape index (κ1) is 11.5. The van der Waals surface area contributed by atoms with Crippen molar-refractivity contribution in [3.63, 3.8) is 0 Å². The van der Waals surface area contributed by atoms with E-state index in [0.717, 1.165) is 31.8 Å². The molecule has 0 bridgehead atoms. The first-order valence-electron chi connectivity index (χ1n) is 5.56. The van der Waals surface area contributed by atoms with Gasteiger partial charge < -0.3 is 10.6 Å². The number of hydrogen-bond acceptors (Lipinski definition) is 2. The van der Waals surface area contributed by atoms with Crippen molar-refractivity contribution in [3.8, 4) is 0 Å². The van der Waals surface area contributed by atoms with Crippen molar-refractivity contribution >= 4 is 5.91 Å². The van der Waals surface area contributed by atoms with Gasteiger partial charge in [0, 0.05) is 13.1 Å². The summed E-state index contributed by atoms with van der Waals surface area (Å²) in [4.78, 5) is 13.8. The van der Waals surface area contributed by atoms with E-state index in [9.17, 15) is 4.79 Å². The van der Waals surface area contributed by atoms with Crippen LogP contribution in [0.2, 0.25) is 0 Å². The van der Waals surface area contributed by atoms with E-state index in [1.54, 1.807) is 0 Å². The number of carbonyl (C=O) groups is 1. The summed E-state index contributed by atoms with van der Waals surface area (Å²) < 4.78 is 0. The minimum absolute atomic E-state index is 0.131. The molecule has 0 aliphatic carbocycles. The Bertz CT molecular complexity index is 195. The third kappa shape index (κ3) is 2.71. The van der Waals surface area contributed by atoms with E-state index in [2.05, 4.69) is 6.92 Å². The first-order valence-corrected chi connectivity index (χ1v) is 5.56. The monoisotopic (exact) mass is 198 g/mol. The summed E-state index contributed by atoms with van der Waals surface area (Å²) in [5.41, 5.74) is 5.83. The molecule has 2 N–H and O–H groups in total. The number of hydrogen-bond donors (Lipinski definition) is 1. The molecule has 1 saturated heterocycles. The van der Waals surface area contributed by atoms with E-state index in [1.165, 1.54) is 0 Å². The summed E-state index contributed by atoms with van der Waals surface area (Å²) in [6.07, 6.45) is 2.24. The summed E-state index contributed by atoms with van der Waals surface area (Å²) in [5.74, 6) is 1.13. The Morgan fingerprint density at radius 2 is 1.86 bits per heavy atom. The summed E-state index contributed by atoms with van der Waals surface area (Å²) in [6.45, 7) is 8.01. The van der Waals surface area contributed by atoms with Crippen LogP contribution in [0, 0.1) is 11.8 Å². The van der Waals surface area contributed by atoms with Crippen LogP contribution in [0.5, 0.6) is 0 Å². The van der Waals surface area contributed by atoms with Crippen LogP contribution in [-0.4, -0.2) is 29.9 Å². The minimum Gasteiger partial charge on any atom is -0.341 e. The zero-order valence-corrected chi connectivity index (χ0v) is 9.49. The van der Waals surface area contributed by atoms with Crippen LogP contribution in [0.1, 0.15) is 33.6 Å². The largest absolute Gasteiger partial charge is 0.341 e. The summed E-state index contributed by atoms with van der Waals surface area (Å²) in [5, 5.41) is 0. The third-order valence-electron chi connectivity index (χ3n) is 3.10. The highest BCUT2D eigenvalue weighted by atomic mass is 16.2. The molecule has 1 heterocycles. The number of rotatable bonds is 2. The lowest BCUT2D eigenvalue weighted by Gasteiger charge is -2.32. The molecule has 1 rings (SSSR count). The zero-order valence-electron chi connectivity index (χ0n) is 9.49. The Morgan fingerprint density at radius 3 is 2.29 bits per heavy atom. The van der Waals surface area contributed by atoms with Crippen molar-refractivity contribution < 1.29 is 4.79 Å². The van der Waals surface area contributed by atoms with Gasteiger partial charge >= 0.3 is 0 Å². The molecule has 0 radical (unpaired) electrons. The molecule has 1 atom stereocenters. The van der Waals surface area contributed by atoms with Gasteiger partial charge in [0.1, 0.15) is 0 Å². The van der Waals surface area contributed by atoms with E-state index in [1.807, 2.05) is 18.7 Å². The molecule has 3 heteroatoms. The molecule has 0 aromatic heterocycles. The Hall–Kier alpha value is -0.570. The van der Waals surface area contributed by atoms with Crippen LogP contribution >= 0.6 is 0 Å². The second-order valence-corrected chi connectivity index (χ2v) is 4.78. The van der Waals surface area contributed by atoms with E-state index >= 15 is 0 Å². The van der Waals surface area contributed by atoms with Crippen LogP contribution in [0.25, 0.3) is 0 Å². The SMILES string of the molecule is CC1CCN(C(=O)[C@H](N)C(C)C)CC1. The number of piperidine rings is 1. The highest BCUT2D eigenvalue weighted by Gasteiger charge is 2.26. The van der Waals surface area contributed by atoms with Crippen molar-refractivity contribution in [2.75, 3.05) is 13.1 Å². The second-order valence-electron chi connectivity index (χ2n) is 4.78. The lowest BCUT2D eigenvalue weighted by Crippen LogP contribution is -2.49. The molecule has 3 nitrogen and oxygen atoms in total. The van der Waals surface area contributed by atoms with Crippen molar-refractivity contribution in [1.29, 1.82) is 0 Å².